The standard InChI is InChI=1S/C9H8ClN3O/c1-6(4-11)13-9(14)7-2-3-12-5-8(7)10/h2-3,5-6H,1H3,(H,13,14). The van der Waals surface area contributed by atoms with Crippen LogP contribution in [0.4, 0.5) is 0 Å². The van der Waals surface area contributed by atoms with Gasteiger partial charge in [0.2, 0.25) is 0 Å². The SMILES string of the molecule is CC(C#N)NC(=O)c1ccncc1Cl. The van der Waals surface area contributed by atoms with Crippen LogP contribution in [0.25, 0.3) is 0 Å². The van der Waals surface area contributed by atoms with E-state index in [2.05, 4.69) is 10.3 Å². The average Bonchev–Trinajstić information content (AvgIpc) is 2.18. The summed E-state index contributed by atoms with van der Waals surface area (Å²) in [5, 5.41) is 11.2. The van der Waals surface area contributed by atoms with E-state index in [0.29, 0.717) is 5.56 Å². The third-order valence-corrected chi connectivity index (χ3v) is 1.86. The fourth-order valence-electron chi connectivity index (χ4n) is 0.866. The van der Waals surface area contributed by atoms with Gasteiger partial charge in [-0.25, -0.2) is 0 Å². The van der Waals surface area contributed by atoms with E-state index in [9.17, 15) is 4.79 Å². The minimum absolute atomic E-state index is 0.273. The zero-order chi connectivity index (χ0) is 10.6. The summed E-state index contributed by atoms with van der Waals surface area (Å²) in [6.45, 7) is 1.59. The Morgan fingerprint density at radius 3 is 3.07 bits per heavy atom. The molecule has 0 fully saturated rings. The lowest BCUT2D eigenvalue weighted by Gasteiger charge is -2.06. The van der Waals surface area contributed by atoms with Crippen LogP contribution >= 0.6 is 11.6 Å². The average molecular weight is 210 g/mol. The van der Waals surface area contributed by atoms with E-state index in [1.165, 1.54) is 18.5 Å². The molecule has 0 aromatic carbocycles. The van der Waals surface area contributed by atoms with Crippen molar-refractivity contribution in [1.29, 1.82) is 5.26 Å². The first-order valence-electron chi connectivity index (χ1n) is 3.95. The van der Waals surface area contributed by atoms with Gasteiger partial charge in [0.05, 0.1) is 16.7 Å². The van der Waals surface area contributed by atoms with Crippen molar-refractivity contribution in [1.82, 2.24) is 10.3 Å². The number of aromatic nitrogens is 1. The van der Waals surface area contributed by atoms with Crippen molar-refractivity contribution in [2.45, 2.75) is 13.0 Å². The Labute approximate surface area is 86.5 Å². The van der Waals surface area contributed by atoms with Crippen LogP contribution in [-0.2, 0) is 0 Å². The minimum atomic E-state index is -0.535. The molecule has 1 rings (SSSR count). The Hall–Kier alpha value is -1.60. The molecule has 5 heteroatoms. The predicted molar refractivity (Wildman–Crippen MR) is 51.8 cm³/mol. The van der Waals surface area contributed by atoms with Crippen LogP contribution in [0.2, 0.25) is 5.02 Å². The highest BCUT2D eigenvalue weighted by Gasteiger charge is 2.11. The Balaban J connectivity index is 2.81. The zero-order valence-corrected chi connectivity index (χ0v) is 8.25. The normalized spacial score (nSPS) is 11.5. The number of nitrogens with zero attached hydrogens (tertiary/aromatic N) is 2. The molecule has 14 heavy (non-hydrogen) atoms. The molecule has 1 aromatic rings. The lowest BCUT2D eigenvalue weighted by Crippen LogP contribution is -2.31. The Kier molecular flexibility index (Phi) is 3.43. The number of carbonyl (C=O) groups is 1. The molecule has 0 bridgehead atoms. The first-order chi connectivity index (χ1) is 6.65. The highest BCUT2D eigenvalue weighted by Crippen LogP contribution is 2.12. The summed E-state index contributed by atoms with van der Waals surface area (Å²) < 4.78 is 0. The monoisotopic (exact) mass is 209 g/mol. The highest BCUT2D eigenvalue weighted by atomic mass is 35.5. The molecule has 0 radical (unpaired) electrons. The third-order valence-electron chi connectivity index (χ3n) is 1.56. The van der Waals surface area contributed by atoms with Crippen molar-refractivity contribution in [3.8, 4) is 6.07 Å². The van der Waals surface area contributed by atoms with Crippen LogP contribution in [0.1, 0.15) is 17.3 Å². The van der Waals surface area contributed by atoms with Gasteiger partial charge in [-0.1, -0.05) is 11.6 Å². The number of halogens is 1. The van der Waals surface area contributed by atoms with Gasteiger partial charge < -0.3 is 5.32 Å². The van der Waals surface area contributed by atoms with Crippen LogP contribution in [0.15, 0.2) is 18.5 Å². The van der Waals surface area contributed by atoms with E-state index in [-0.39, 0.29) is 10.9 Å². The molecule has 1 N–H and O–H groups in total. The van der Waals surface area contributed by atoms with Crippen molar-refractivity contribution in [3.05, 3.63) is 29.0 Å². The van der Waals surface area contributed by atoms with Gasteiger partial charge in [-0.3, -0.25) is 9.78 Å². The fourth-order valence-corrected chi connectivity index (χ4v) is 1.07. The fraction of sp³-hybridized carbons (Fsp3) is 0.222. The molecule has 1 heterocycles. The van der Waals surface area contributed by atoms with E-state index >= 15 is 0 Å². The third kappa shape index (κ3) is 2.44. The highest BCUT2D eigenvalue weighted by molar-refractivity contribution is 6.33. The summed E-state index contributed by atoms with van der Waals surface area (Å²) in [5.74, 6) is -0.369. The smallest absolute Gasteiger partial charge is 0.253 e. The molecule has 1 amide bonds. The molecule has 1 atom stereocenters. The second-order valence-corrected chi connectivity index (χ2v) is 3.09. The summed E-state index contributed by atoms with van der Waals surface area (Å²) in [6, 6.07) is 2.86. The largest absolute Gasteiger partial charge is 0.336 e. The van der Waals surface area contributed by atoms with Crippen molar-refractivity contribution in [3.63, 3.8) is 0 Å². The lowest BCUT2D eigenvalue weighted by molar-refractivity contribution is 0.0948. The predicted octanol–water partition coefficient (Wildman–Crippen LogP) is 1.38. The topological polar surface area (TPSA) is 65.8 Å². The molecular weight excluding hydrogens is 202 g/mol. The van der Waals surface area contributed by atoms with Crippen molar-refractivity contribution in [2.24, 2.45) is 0 Å². The van der Waals surface area contributed by atoms with Crippen LogP contribution in [0.3, 0.4) is 0 Å². The lowest BCUT2D eigenvalue weighted by atomic mass is 10.2. The van der Waals surface area contributed by atoms with Gasteiger partial charge in [-0.15, -0.1) is 0 Å². The van der Waals surface area contributed by atoms with Gasteiger partial charge in [-0.2, -0.15) is 5.26 Å². The first-order valence-corrected chi connectivity index (χ1v) is 4.33. The van der Waals surface area contributed by atoms with Gasteiger partial charge in [0.15, 0.2) is 0 Å². The molecule has 0 saturated carbocycles. The summed E-state index contributed by atoms with van der Waals surface area (Å²) in [4.78, 5) is 15.2. The maximum atomic E-state index is 11.5. The van der Waals surface area contributed by atoms with E-state index in [4.69, 9.17) is 16.9 Å². The minimum Gasteiger partial charge on any atom is -0.336 e. The molecular formula is C9H8ClN3O. The van der Waals surface area contributed by atoms with Crippen LogP contribution < -0.4 is 5.32 Å². The molecule has 0 spiro atoms. The van der Waals surface area contributed by atoms with Gasteiger partial charge >= 0.3 is 0 Å². The van der Waals surface area contributed by atoms with Gasteiger partial charge in [0.25, 0.3) is 5.91 Å². The first kappa shape index (κ1) is 10.5. The maximum absolute atomic E-state index is 11.5. The van der Waals surface area contributed by atoms with Crippen LogP contribution in [0, 0.1) is 11.3 Å². The van der Waals surface area contributed by atoms with E-state index < -0.39 is 6.04 Å². The molecule has 0 saturated heterocycles. The molecule has 4 nitrogen and oxygen atoms in total. The summed E-state index contributed by atoms with van der Waals surface area (Å²) >= 11 is 5.74. The van der Waals surface area contributed by atoms with Crippen LogP contribution in [-0.4, -0.2) is 16.9 Å². The number of carbonyl (C=O) groups excluding carboxylic acids is 1. The Morgan fingerprint density at radius 2 is 2.50 bits per heavy atom. The summed E-state index contributed by atoms with van der Waals surface area (Å²) in [7, 11) is 0. The molecule has 1 aromatic heterocycles. The number of hydrogen-bond donors (Lipinski definition) is 1. The van der Waals surface area contributed by atoms with Crippen molar-refractivity contribution in [2.75, 3.05) is 0 Å². The van der Waals surface area contributed by atoms with E-state index in [1.54, 1.807) is 6.92 Å². The molecule has 0 aliphatic heterocycles. The van der Waals surface area contributed by atoms with Crippen molar-refractivity contribution < 1.29 is 4.79 Å². The zero-order valence-electron chi connectivity index (χ0n) is 7.49. The van der Waals surface area contributed by atoms with Gasteiger partial charge in [-0.05, 0) is 13.0 Å². The van der Waals surface area contributed by atoms with Crippen LogP contribution in [0.5, 0.6) is 0 Å². The van der Waals surface area contributed by atoms with Crippen molar-refractivity contribution >= 4 is 17.5 Å². The molecule has 0 aliphatic carbocycles. The quantitative estimate of drug-likeness (QED) is 0.800. The number of hydrogen-bond acceptors (Lipinski definition) is 3. The maximum Gasteiger partial charge on any atom is 0.253 e. The Bertz CT molecular complexity index is 386. The van der Waals surface area contributed by atoms with Gasteiger partial charge in [0, 0.05) is 12.4 Å². The van der Waals surface area contributed by atoms with E-state index in [0.717, 1.165) is 0 Å². The molecule has 1 unspecified atom stereocenters. The number of rotatable bonds is 2. The summed E-state index contributed by atoms with van der Waals surface area (Å²) in [5.41, 5.74) is 0.323. The number of nitriles is 1. The molecule has 0 aliphatic rings. The Morgan fingerprint density at radius 1 is 1.79 bits per heavy atom. The number of nitrogens with one attached hydrogen (secondary N) is 1. The second kappa shape index (κ2) is 4.58. The summed E-state index contributed by atoms with van der Waals surface area (Å²) in [6.07, 6.45) is 2.85. The molecule has 72 valence electrons. The van der Waals surface area contributed by atoms with Gasteiger partial charge in [0.1, 0.15) is 6.04 Å². The number of amides is 1. The second-order valence-electron chi connectivity index (χ2n) is 2.68. The van der Waals surface area contributed by atoms with E-state index in [1.807, 2.05) is 6.07 Å². The number of pyridine rings is 1.